The number of amides is 1. The first-order chi connectivity index (χ1) is 19.4. The maximum atomic E-state index is 13.6. The van der Waals surface area contributed by atoms with Gasteiger partial charge in [0, 0.05) is 46.7 Å². The van der Waals surface area contributed by atoms with Crippen molar-refractivity contribution in [2.24, 2.45) is 0 Å². The third-order valence-corrected chi connectivity index (χ3v) is 6.87. The zero-order valence-electron chi connectivity index (χ0n) is 20.4. The molecule has 0 saturated heterocycles. The van der Waals surface area contributed by atoms with Gasteiger partial charge in [-0.25, -0.2) is 18.7 Å². The van der Waals surface area contributed by atoms with Gasteiger partial charge >= 0.3 is 0 Å². The van der Waals surface area contributed by atoms with Gasteiger partial charge in [-0.1, -0.05) is 28.0 Å². The predicted molar refractivity (Wildman–Crippen MR) is 145 cm³/mol. The quantitative estimate of drug-likeness (QED) is 0.187. The number of nitrogens with one attached hydrogen (secondary N) is 1. The molecular weight excluding hydrogens is 586 g/mol. The minimum Gasteiger partial charge on any atom is -0.496 e. The first kappa shape index (κ1) is 27.3. The number of carbonyl (C=O) groups excluding carboxylic acids is 1. The topological polar surface area (TPSA) is 121 Å². The Hall–Kier alpha value is -4.27. The Bertz CT molecular complexity index is 1620. The van der Waals surface area contributed by atoms with Gasteiger partial charge in [0.05, 0.1) is 23.4 Å². The van der Waals surface area contributed by atoms with Gasteiger partial charge in [0.15, 0.2) is 0 Å². The van der Waals surface area contributed by atoms with E-state index in [0.717, 1.165) is 11.3 Å². The number of benzene rings is 1. The molecule has 0 aliphatic rings. The zero-order valence-corrected chi connectivity index (χ0v) is 22.8. The van der Waals surface area contributed by atoms with Crippen LogP contribution in [0, 0.1) is 0 Å². The Kier molecular flexibility index (Phi) is 8.38. The van der Waals surface area contributed by atoms with Gasteiger partial charge in [-0.05, 0) is 41.7 Å². The van der Waals surface area contributed by atoms with Crippen molar-refractivity contribution in [1.29, 1.82) is 0 Å². The molecule has 40 heavy (non-hydrogen) atoms. The number of hydrogen-bond acceptors (Lipinski definition) is 11. The fourth-order valence-electron chi connectivity index (χ4n) is 3.43. The summed E-state index contributed by atoms with van der Waals surface area (Å²) in [5, 5.41) is 13.4. The molecule has 0 unspecified atom stereocenters. The molecule has 1 N–H and O–H groups in total. The summed E-state index contributed by atoms with van der Waals surface area (Å²) < 4.78 is 43.8. The standard InChI is InChI=1S/C25H17ClF2N6O4S2/c1-36-19-5-2-13(21(27)28)8-17(19)16-9-20(38-24-29-6-7-39-24)31-11-18(16)22(35)32-23-33-34-25(40-23)37-12-15-4-3-14(26)10-30-15/h2-11,21H,12H2,1H3,(H,32,33,35). The summed E-state index contributed by atoms with van der Waals surface area (Å²) in [6.07, 6.45) is 1.59. The average molecular weight is 603 g/mol. The van der Waals surface area contributed by atoms with Crippen LogP contribution in [0.3, 0.4) is 0 Å². The van der Waals surface area contributed by atoms with E-state index >= 15 is 0 Å². The number of rotatable bonds is 10. The van der Waals surface area contributed by atoms with E-state index in [1.54, 1.807) is 23.7 Å². The van der Waals surface area contributed by atoms with E-state index in [9.17, 15) is 13.6 Å². The highest BCUT2D eigenvalue weighted by Crippen LogP contribution is 2.38. The number of halogens is 3. The van der Waals surface area contributed by atoms with Crippen LogP contribution in [-0.2, 0) is 6.61 Å². The number of nitrogens with zero attached hydrogens (tertiary/aromatic N) is 5. The number of aromatic nitrogens is 5. The van der Waals surface area contributed by atoms with Crippen molar-refractivity contribution in [1.82, 2.24) is 25.1 Å². The summed E-state index contributed by atoms with van der Waals surface area (Å²) in [5.74, 6) is -0.240. The zero-order chi connectivity index (χ0) is 28.1. The molecule has 0 saturated carbocycles. The first-order valence-electron chi connectivity index (χ1n) is 11.3. The Morgan fingerprint density at radius 2 is 1.93 bits per heavy atom. The lowest BCUT2D eigenvalue weighted by atomic mass is 9.98. The molecule has 1 aromatic carbocycles. The van der Waals surface area contributed by atoms with Crippen LogP contribution in [0.15, 0.2) is 60.4 Å². The predicted octanol–water partition coefficient (Wildman–Crippen LogP) is 6.67. The monoisotopic (exact) mass is 602 g/mol. The Balaban J connectivity index is 1.42. The molecular formula is C25H17ClF2N6O4S2. The molecule has 0 aliphatic carbocycles. The van der Waals surface area contributed by atoms with Crippen molar-refractivity contribution in [2.45, 2.75) is 13.0 Å². The number of pyridine rings is 2. The normalized spacial score (nSPS) is 10.9. The molecule has 4 heterocycles. The van der Waals surface area contributed by atoms with Crippen LogP contribution >= 0.6 is 34.3 Å². The van der Waals surface area contributed by atoms with Crippen LogP contribution in [0.25, 0.3) is 11.1 Å². The van der Waals surface area contributed by atoms with Crippen LogP contribution in [0.4, 0.5) is 13.9 Å². The second-order valence-electron chi connectivity index (χ2n) is 7.81. The van der Waals surface area contributed by atoms with Crippen molar-refractivity contribution in [3.8, 4) is 33.1 Å². The Labute approximate surface area is 238 Å². The number of alkyl halides is 2. The number of ether oxygens (including phenoxy) is 3. The Morgan fingerprint density at radius 1 is 1.05 bits per heavy atom. The van der Waals surface area contributed by atoms with Crippen LogP contribution in [-0.4, -0.2) is 38.2 Å². The highest BCUT2D eigenvalue weighted by molar-refractivity contribution is 7.17. The lowest BCUT2D eigenvalue weighted by Gasteiger charge is -2.15. The molecule has 10 nitrogen and oxygen atoms in total. The molecule has 5 aromatic rings. The number of hydrogen-bond donors (Lipinski definition) is 1. The lowest BCUT2D eigenvalue weighted by Crippen LogP contribution is -2.14. The van der Waals surface area contributed by atoms with Gasteiger partial charge in [-0.15, -0.1) is 5.10 Å². The van der Waals surface area contributed by atoms with Crippen molar-refractivity contribution < 1.29 is 27.8 Å². The van der Waals surface area contributed by atoms with E-state index < -0.39 is 12.3 Å². The Morgan fingerprint density at radius 3 is 2.65 bits per heavy atom. The van der Waals surface area contributed by atoms with E-state index in [2.05, 4.69) is 30.5 Å². The number of methoxy groups -OCH3 is 1. The van der Waals surface area contributed by atoms with Crippen molar-refractivity contribution in [2.75, 3.05) is 12.4 Å². The second kappa shape index (κ2) is 12.3. The lowest BCUT2D eigenvalue weighted by molar-refractivity contribution is 0.102. The van der Waals surface area contributed by atoms with E-state index in [1.165, 1.54) is 55.1 Å². The fraction of sp³-hybridized carbons (Fsp3) is 0.120. The third-order valence-electron chi connectivity index (χ3n) is 5.25. The number of carbonyl (C=O) groups is 1. The fourth-order valence-corrected chi connectivity index (χ4v) is 4.62. The molecule has 0 fully saturated rings. The maximum absolute atomic E-state index is 13.6. The summed E-state index contributed by atoms with van der Waals surface area (Å²) in [6, 6.07) is 8.76. The summed E-state index contributed by atoms with van der Waals surface area (Å²) in [6.45, 7) is 0.120. The van der Waals surface area contributed by atoms with Crippen molar-refractivity contribution >= 4 is 45.3 Å². The third kappa shape index (κ3) is 6.47. The van der Waals surface area contributed by atoms with Crippen LogP contribution < -0.4 is 19.5 Å². The highest BCUT2D eigenvalue weighted by atomic mass is 35.5. The highest BCUT2D eigenvalue weighted by Gasteiger charge is 2.22. The van der Waals surface area contributed by atoms with Crippen LogP contribution in [0.5, 0.6) is 22.0 Å². The van der Waals surface area contributed by atoms with E-state index in [4.69, 9.17) is 25.8 Å². The van der Waals surface area contributed by atoms with E-state index in [0.29, 0.717) is 15.9 Å². The van der Waals surface area contributed by atoms with Gasteiger partial charge in [-0.2, -0.15) is 0 Å². The molecule has 204 valence electrons. The van der Waals surface area contributed by atoms with Crippen molar-refractivity contribution in [3.63, 3.8) is 0 Å². The molecule has 0 atom stereocenters. The van der Waals surface area contributed by atoms with Crippen molar-refractivity contribution in [3.05, 3.63) is 82.2 Å². The van der Waals surface area contributed by atoms with Crippen LogP contribution in [0.1, 0.15) is 28.0 Å². The van der Waals surface area contributed by atoms with Crippen LogP contribution in [0.2, 0.25) is 5.02 Å². The first-order valence-corrected chi connectivity index (χ1v) is 13.4. The molecule has 1 amide bonds. The second-order valence-corrected chi connectivity index (χ2v) is 10.0. The van der Waals surface area contributed by atoms with Gasteiger partial charge in [0.25, 0.3) is 22.7 Å². The number of thiazole rings is 1. The van der Waals surface area contributed by atoms with Gasteiger partial charge < -0.3 is 14.2 Å². The summed E-state index contributed by atoms with van der Waals surface area (Å²) in [5.41, 5.74) is 0.921. The molecule has 0 aliphatic heterocycles. The largest absolute Gasteiger partial charge is 0.496 e. The summed E-state index contributed by atoms with van der Waals surface area (Å²) in [4.78, 5) is 25.8. The number of anilines is 1. The summed E-state index contributed by atoms with van der Waals surface area (Å²) in [7, 11) is 1.40. The smallest absolute Gasteiger partial charge is 0.296 e. The van der Waals surface area contributed by atoms with E-state index in [1.807, 2.05) is 0 Å². The average Bonchev–Trinajstić information content (AvgIpc) is 3.64. The van der Waals surface area contributed by atoms with E-state index in [-0.39, 0.29) is 50.8 Å². The molecule has 0 bridgehead atoms. The van der Waals surface area contributed by atoms with Gasteiger partial charge in [0.2, 0.25) is 11.0 Å². The molecule has 15 heteroatoms. The maximum Gasteiger partial charge on any atom is 0.296 e. The summed E-state index contributed by atoms with van der Waals surface area (Å²) >= 11 is 8.08. The molecule has 0 spiro atoms. The van der Waals surface area contributed by atoms with Gasteiger partial charge in [0.1, 0.15) is 12.4 Å². The minimum absolute atomic E-state index is 0.0548. The SMILES string of the molecule is COc1ccc(C(F)F)cc1-c1cc(Oc2nccs2)ncc1C(=O)Nc1nnc(OCc2ccc(Cl)cn2)s1. The van der Waals surface area contributed by atoms with Gasteiger partial charge in [-0.3, -0.25) is 15.1 Å². The molecule has 4 aromatic heterocycles. The molecule has 5 rings (SSSR count). The molecule has 0 radical (unpaired) electrons. The minimum atomic E-state index is -2.74.